The van der Waals surface area contributed by atoms with E-state index in [9.17, 15) is 4.79 Å². The summed E-state index contributed by atoms with van der Waals surface area (Å²) >= 11 is 0. The molecule has 1 N–H and O–H groups in total. The van der Waals surface area contributed by atoms with Gasteiger partial charge in [0, 0.05) is 13.6 Å². The molecule has 0 unspecified atom stereocenters. The van der Waals surface area contributed by atoms with Gasteiger partial charge in [-0.15, -0.1) is 0 Å². The van der Waals surface area contributed by atoms with Crippen LogP contribution in [-0.2, 0) is 4.79 Å². The number of ketones is 1. The van der Waals surface area contributed by atoms with E-state index in [-0.39, 0.29) is 5.78 Å². The molecule has 3 heteroatoms. The molecule has 0 atom stereocenters. The van der Waals surface area contributed by atoms with Gasteiger partial charge in [0.2, 0.25) is 0 Å². The zero-order chi connectivity index (χ0) is 15.4. The van der Waals surface area contributed by atoms with Crippen LogP contribution < -0.4 is 5.32 Å². The standard InChI is InChI=1S/C7H13NO.C4H9N.2C2H6/c1-7(9)5-4-6-8(2)3;1-3-4-5-2;2*1-2/h4-5H,6H2,1-3H3;3-5H,1-2H3;2*1-2H3/b5-4+;4-3-;;. The first-order valence-corrected chi connectivity index (χ1v) is 6.64. The maximum absolute atomic E-state index is 10.3. The van der Waals surface area contributed by atoms with Gasteiger partial charge in [-0.05, 0) is 40.2 Å². The zero-order valence-corrected chi connectivity index (χ0v) is 13.9. The van der Waals surface area contributed by atoms with Gasteiger partial charge in [-0.25, -0.2) is 0 Å². The first-order valence-electron chi connectivity index (χ1n) is 6.64. The predicted molar refractivity (Wildman–Crippen MR) is 84.9 cm³/mol. The van der Waals surface area contributed by atoms with E-state index >= 15 is 0 Å². The smallest absolute Gasteiger partial charge is 0.152 e. The van der Waals surface area contributed by atoms with Gasteiger partial charge in [-0.3, -0.25) is 4.79 Å². The Morgan fingerprint density at radius 3 is 1.78 bits per heavy atom. The third-order valence-electron chi connectivity index (χ3n) is 1.16. The SMILES string of the molecule is C/C=C\NC.CC.CC.CC(=O)/C=C/CN(C)C. The maximum Gasteiger partial charge on any atom is 0.152 e. The quantitative estimate of drug-likeness (QED) is 0.784. The highest BCUT2D eigenvalue weighted by molar-refractivity contribution is 5.87. The summed E-state index contributed by atoms with van der Waals surface area (Å²) < 4.78 is 0. The van der Waals surface area contributed by atoms with Crippen LogP contribution in [0.25, 0.3) is 0 Å². The second kappa shape index (κ2) is 29.7. The molecule has 0 saturated heterocycles. The van der Waals surface area contributed by atoms with E-state index in [2.05, 4.69) is 5.32 Å². The van der Waals surface area contributed by atoms with Crippen molar-refractivity contribution in [2.45, 2.75) is 41.5 Å². The predicted octanol–water partition coefficient (Wildman–Crippen LogP) is 3.49. The molecule has 3 nitrogen and oxygen atoms in total. The number of likely N-dealkylation sites (N-methyl/N-ethyl adjacent to an activating group) is 1. The minimum absolute atomic E-state index is 0.108. The highest BCUT2D eigenvalue weighted by Crippen LogP contribution is 1.77. The molecule has 0 radical (unpaired) electrons. The lowest BCUT2D eigenvalue weighted by Gasteiger charge is -2.02. The molecule has 110 valence electrons. The molecule has 0 amide bonds. The second-order valence-corrected chi connectivity index (χ2v) is 3.06. The summed E-state index contributed by atoms with van der Waals surface area (Å²) in [7, 11) is 5.80. The summed E-state index contributed by atoms with van der Waals surface area (Å²) in [6.45, 7) is 12.3. The number of nitrogens with one attached hydrogen (secondary N) is 1. The lowest BCUT2D eigenvalue weighted by molar-refractivity contribution is -0.112. The van der Waals surface area contributed by atoms with Gasteiger partial charge in [0.25, 0.3) is 0 Å². The molecule has 0 rings (SSSR count). The molecular weight excluding hydrogens is 224 g/mol. The number of carbonyl (C=O) groups excluding carboxylic acids is 1. The molecule has 0 aromatic rings. The molecule has 18 heavy (non-hydrogen) atoms. The largest absolute Gasteiger partial charge is 0.394 e. The van der Waals surface area contributed by atoms with Crippen LogP contribution in [0.4, 0.5) is 0 Å². The molecule has 0 bridgehead atoms. The fraction of sp³-hybridized carbons (Fsp3) is 0.667. The van der Waals surface area contributed by atoms with Crippen molar-refractivity contribution >= 4 is 5.78 Å². The van der Waals surface area contributed by atoms with Crippen LogP contribution in [0.5, 0.6) is 0 Å². The van der Waals surface area contributed by atoms with Gasteiger partial charge >= 0.3 is 0 Å². The molecular formula is C15H34N2O. The van der Waals surface area contributed by atoms with E-state index in [4.69, 9.17) is 0 Å². The van der Waals surface area contributed by atoms with E-state index in [0.29, 0.717) is 0 Å². The van der Waals surface area contributed by atoms with Gasteiger partial charge in [0.05, 0.1) is 0 Å². The number of hydrogen-bond acceptors (Lipinski definition) is 3. The fourth-order valence-corrected chi connectivity index (χ4v) is 0.596. The molecule has 0 fully saturated rings. The van der Waals surface area contributed by atoms with Gasteiger partial charge in [-0.2, -0.15) is 0 Å². The van der Waals surface area contributed by atoms with Crippen molar-refractivity contribution in [3.8, 4) is 0 Å². The number of rotatable bonds is 4. The van der Waals surface area contributed by atoms with E-state index < -0.39 is 0 Å². The third kappa shape index (κ3) is 60.4. The third-order valence-corrected chi connectivity index (χ3v) is 1.16. The van der Waals surface area contributed by atoms with Crippen molar-refractivity contribution in [3.63, 3.8) is 0 Å². The maximum atomic E-state index is 10.3. The van der Waals surface area contributed by atoms with Gasteiger partial charge in [-0.1, -0.05) is 39.8 Å². The van der Waals surface area contributed by atoms with Crippen molar-refractivity contribution in [2.24, 2.45) is 0 Å². The minimum Gasteiger partial charge on any atom is -0.394 e. The Labute approximate surface area is 115 Å². The number of nitrogens with zero attached hydrogens (tertiary/aromatic N) is 1. The monoisotopic (exact) mass is 258 g/mol. The number of allylic oxidation sites excluding steroid dienone is 2. The summed E-state index contributed by atoms with van der Waals surface area (Å²) in [5.41, 5.74) is 0. The van der Waals surface area contributed by atoms with Crippen LogP contribution >= 0.6 is 0 Å². The van der Waals surface area contributed by atoms with Crippen molar-refractivity contribution in [1.29, 1.82) is 0 Å². The average molecular weight is 258 g/mol. The fourth-order valence-electron chi connectivity index (χ4n) is 0.596. The Kier molecular flexibility index (Phi) is 42.4. The first kappa shape index (κ1) is 25.7. The normalized spacial score (nSPS) is 8.78. The summed E-state index contributed by atoms with van der Waals surface area (Å²) in [6.07, 6.45) is 7.25. The van der Waals surface area contributed by atoms with Crippen LogP contribution in [0.3, 0.4) is 0 Å². The van der Waals surface area contributed by atoms with Crippen LogP contribution in [0.2, 0.25) is 0 Å². The Balaban J connectivity index is -0.0000000925. The van der Waals surface area contributed by atoms with E-state index in [1.54, 1.807) is 13.0 Å². The number of hydrogen-bond donors (Lipinski definition) is 1. The van der Waals surface area contributed by atoms with Crippen LogP contribution in [-0.4, -0.2) is 38.4 Å². The summed E-state index contributed by atoms with van der Waals surface area (Å²) in [5, 5.41) is 2.84. The average Bonchev–Trinajstić information content (AvgIpc) is 2.35. The Bertz CT molecular complexity index is 185. The zero-order valence-electron chi connectivity index (χ0n) is 13.9. The van der Waals surface area contributed by atoms with Crippen molar-refractivity contribution < 1.29 is 4.79 Å². The topological polar surface area (TPSA) is 32.3 Å². The lowest BCUT2D eigenvalue weighted by Crippen LogP contribution is -2.10. The van der Waals surface area contributed by atoms with Gasteiger partial charge in [0.1, 0.15) is 0 Å². The molecule has 0 aliphatic rings. The summed E-state index contributed by atoms with van der Waals surface area (Å²) in [5.74, 6) is 0.108. The molecule has 0 aromatic carbocycles. The van der Waals surface area contributed by atoms with E-state index in [1.807, 2.05) is 79.0 Å². The highest BCUT2D eigenvalue weighted by atomic mass is 16.1. The molecule has 0 aliphatic carbocycles. The Morgan fingerprint density at radius 2 is 1.61 bits per heavy atom. The second-order valence-electron chi connectivity index (χ2n) is 3.06. The van der Waals surface area contributed by atoms with Gasteiger partial charge in [0.15, 0.2) is 5.78 Å². The van der Waals surface area contributed by atoms with Gasteiger partial charge < -0.3 is 10.2 Å². The van der Waals surface area contributed by atoms with Crippen LogP contribution in [0.15, 0.2) is 24.4 Å². The molecule has 0 aliphatic heterocycles. The first-order chi connectivity index (χ1) is 8.54. The Hall–Kier alpha value is -1.09. The van der Waals surface area contributed by atoms with Crippen molar-refractivity contribution in [2.75, 3.05) is 27.7 Å². The minimum atomic E-state index is 0.108. The molecule has 0 spiro atoms. The lowest BCUT2D eigenvalue weighted by atomic mass is 10.4. The van der Waals surface area contributed by atoms with Crippen molar-refractivity contribution in [3.05, 3.63) is 24.4 Å². The molecule has 0 aromatic heterocycles. The Morgan fingerprint density at radius 1 is 1.17 bits per heavy atom. The molecule has 0 heterocycles. The highest BCUT2D eigenvalue weighted by Gasteiger charge is 1.83. The van der Waals surface area contributed by atoms with E-state index in [0.717, 1.165) is 6.54 Å². The van der Waals surface area contributed by atoms with Crippen molar-refractivity contribution in [1.82, 2.24) is 10.2 Å². The van der Waals surface area contributed by atoms with Crippen LogP contribution in [0.1, 0.15) is 41.5 Å². The summed E-state index contributed by atoms with van der Waals surface area (Å²) in [6, 6.07) is 0. The van der Waals surface area contributed by atoms with Crippen LogP contribution in [0, 0.1) is 0 Å². The number of carbonyl (C=O) groups is 1. The van der Waals surface area contributed by atoms with E-state index in [1.165, 1.54) is 0 Å². The molecule has 0 saturated carbocycles. The summed E-state index contributed by atoms with van der Waals surface area (Å²) in [4.78, 5) is 12.3.